The molecule has 0 radical (unpaired) electrons. The van der Waals surface area contributed by atoms with Gasteiger partial charge in [-0.1, -0.05) is 11.6 Å². The molecule has 0 unspecified atom stereocenters. The minimum absolute atomic E-state index is 0.166. The van der Waals surface area contributed by atoms with Crippen LogP contribution in [0.5, 0.6) is 0 Å². The number of carbonyl (C=O) groups is 2. The molecule has 1 amide bonds. The Morgan fingerprint density at radius 2 is 1.96 bits per heavy atom. The number of hydrogen-bond acceptors (Lipinski definition) is 4. The third-order valence-corrected chi connectivity index (χ3v) is 3.75. The molecule has 2 rings (SSSR count). The second-order valence-electron chi connectivity index (χ2n) is 5.62. The van der Waals surface area contributed by atoms with Gasteiger partial charge in [0.25, 0.3) is 0 Å². The second-order valence-corrected chi connectivity index (χ2v) is 5.62. The molecule has 4 N–H and O–H groups in total. The van der Waals surface area contributed by atoms with Crippen LogP contribution in [0.2, 0.25) is 0 Å². The molecule has 136 valence electrons. The third-order valence-electron chi connectivity index (χ3n) is 3.75. The Morgan fingerprint density at radius 3 is 2.62 bits per heavy atom. The van der Waals surface area contributed by atoms with Crippen LogP contribution in [0.1, 0.15) is 22.8 Å². The lowest BCUT2D eigenvalue weighted by Gasteiger charge is -2.13. The van der Waals surface area contributed by atoms with Gasteiger partial charge in [0.2, 0.25) is 6.41 Å². The number of carbonyl (C=O) groups excluding carboxylic acids is 1. The molecule has 0 heterocycles. The number of carboxylic acids is 1. The normalized spacial score (nSPS) is 11.0. The Morgan fingerprint density at radius 1 is 1.19 bits per heavy atom. The van der Waals surface area contributed by atoms with Gasteiger partial charge < -0.3 is 21.1 Å². The lowest BCUT2D eigenvalue weighted by molar-refractivity contribution is -0.105. The maximum absolute atomic E-state index is 14.1. The van der Waals surface area contributed by atoms with Crippen LogP contribution >= 0.6 is 0 Å². The third kappa shape index (κ3) is 4.60. The van der Waals surface area contributed by atoms with Crippen LogP contribution in [-0.4, -0.2) is 31.1 Å². The van der Waals surface area contributed by atoms with Crippen molar-refractivity contribution in [2.45, 2.75) is 6.92 Å². The molecule has 6 nitrogen and oxygen atoms in total. The van der Waals surface area contributed by atoms with Crippen LogP contribution < -0.4 is 16.0 Å². The Kier molecular flexibility index (Phi) is 6.32. The van der Waals surface area contributed by atoms with Crippen molar-refractivity contribution in [2.75, 3.05) is 29.5 Å². The summed E-state index contributed by atoms with van der Waals surface area (Å²) in [5, 5.41) is 17.7. The molecule has 2 aromatic rings. The van der Waals surface area contributed by atoms with Crippen molar-refractivity contribution < 1.29 is 19.1 Å². The number of aromatic carboxylic acids is 1. The highest BCUT2D eigenvalue weighted by molar-refractivity contribution is 5.90. The zero-order valence-electron chi connectivity index (χ0n) is 14.5. The summed E-state index contributed by atoms with van der Waals surface area (Å²) in [5.41, 5.74) is 3.00. The standard InChI is InChI=1S/C19H20FN3O3/c1-12(8-14-15(20)4-3-5-16(14)23-11-24)10-22-18-9-13(19(25)26)6-7-17(18)21-2/h3-9,11,21-22H,10H2,1-2H3,(H,23,24)(H,25,26)/b12-8+. The van der Waals surface area contributed by atoms with E-state index in [1.165, 1.54) is 24.3 Å². The zero-order chi connectivity index (χ0) is 19.1. The summed E-state index contributed by atoms with van der Waals surface area (Å²) < 4.78 is 14.1. The highest BCUT2D eigenvalue weighted by Gasteiger charge is 2.09. The molecule has 0 aliphatic rings. The number of anilines is 3. The van der Waals surface area contributed by atoms with Gasteiger partial charge in [-0.25, -0.2) is 9.18 Å². The maximum atomic E-state index is 14.1. The van der Waals surface area contributed by atoms with Gasteiger partial charge in [-0.15, -0.1) is 0 Å². The number of rotatable bonds is 8. The summed E-state index contributed by atoms with van der Waals surface area (Å²) in [6.45, 7) is 2.18. The van der Waals surface area contributed by atoms with Crippen molar-refractivity contribution in [3.63, 3.8) is 0 Å². The van der Waals surface area contributed by atoms with Crippen LogP contribution in [0.4, 0.5) is 21.5 Å². The highest BCUT2D eigenvalue weighted by atomic mass is 19.1. The summed E-state index contributed by atoms with van der Waals surface area (Å²) in [4.78, 5) is 21.8. The van der Waals surface area contributed by atoms with Crippen LogP contribution in [-0.2, 0) is 4.79 Å². The van der Waals surface area contributed by atoms with Gasteiger partial charge in [-0.2, -0.15) is 0 Å². The first-order valence-corrected chi connectivity index (χ1v) is 7.91. The minimum Gasteiger partial charge on any atom is -0.478 e. The largest absolute Gasteiger partial charge is 0.478 e. The van der Waals surface area contributed by atoms with E-state index in [1.807, 2.05) is 6.92 Å². The van der Waals surface area contributed by atoms with Crippen molar-refractivity contribution in [3.8, 4) is 0 Å². The predicted molar refractivity (Wildman–Crippen MR) is 101 cm³/mol. The van der Waals surface area contributed by atoms with Gasteiger partial charge in [0.15, 0.2) is 0 Å². The van der Waals surface area contributed by atoms with Gasteiger partial charge in [0.1, 0.15) is 5.82 Å². The van der Waals surface area contributed by atoms with Crippen molar-refractivity contribution in [2.24, 2.45) is 0 Å². The van der Waals surface area contributed by atoms with Crippen LogP contribution in [0.3, 0.4) is 0 Å². The predicted octanol–water partition coefficient (Wildman–Crippen LogP) is 3.65. The molecule has 7 heteroatoms. The summed E-state index contributed by atoms with van der Waals surface area (Å²) in [7, 11) is 1.74. The molecular formula is C19H20FN3O3. The average molecular weight is 357 g/mol. The summed E-state index contributed by atoms with van der Waals surface area (Å²) in [6.07, 6.45) is 2.13. The summed E-state index contributed by atoms with van der Waals surface area (Å²) in [5.74, 6) is -1.46. The summed E-state index contributed by atoms with van der Waals surface area (Å²) >= 11 is 0. The molecule has 0 atom stereocenters. The van der Waals surface area contributed by atoms with Gasteiger partial charge in [0, 0.05) is 19.2 Å². The summed E-state index contributed by atoms with van der Waals surface area (Å²) in [6, 6.07) is 9.16. The number of halogens is 1. The molecule has 0 aliphatic carbocycles. The van der Waals surface area contributed by atoms with Crippen molar-refractivity contribution in [3.05, 3.63) is 58.9 Å². The molecule has 2 aromatic carbocycles. The average Bonchev–Trinajstić information content (AvgIpc) is 2.62. The van der Waals surface area contributed by atoms with Gasteiger partial charge in [-0.05, 0) is 43.3 Å². The number of carboxylic acid groups (broad SMARTS) is 1. The fourth-order valence-corrected chi connectivity index (χ4v) is 2.45. The molecule has 0 saturated heterocycles. The first-order valence-electron chi connectivity index (χ1n) is 7.91. The molecule has 0 bridgehead atoms. The van der Waals surface area contributed by atoms with E-state index in [0.29, 0.717) is 24.3 Å². The highest BCUT2D eigenvalue weighted by Crippen LogP contribution is 2.25. The van der Waals surface area contributed by atoms with Crippen LogP contribution in [0.25, 0.3) is 6.08 Å². The van der Waals surface area contributed by atoms with E-state index in [1.54, 1.807) is 25.3 Å². The molecule has 0 fully saturated rings. The van der Waals surface area contributed by atoms with E-state index in [2.05, 4.69) is 16.0 Å². The van der Waals surface area contributed by atoms with E-state index < -0.39 is 11.8 Å². The van der Waals surface area contributed by atoms with Crippen LogP contribution in [0.15, 0.2) is 42.0 Å². The van der Waals surface area contributed by atoms with Crippen molar-refractivity contribution in [1.29, 1.82) is 0 Å². The molecule has 0 saturated carbocycles. The Bertz CT molecular complexity index is 850. The first kappa shape index (κ1) is 19.0. The molecule has 0 aliphatic heterocycles. The minimum atomic E-state index is -1.01. The van der Waals surface area contributed by atoms with E-state index in [4.69, 9.17) is 5.11 Å². The fraction of sp³-hybridized carbons (Fsp3) is 0.158. The van der Waals surface area contributed by atoms with E-state index in [-0.39, 0.29) is 11.1 Å². The molecular weight excluding hydrogens is 337 g/mol. The van der Waals surface area contributed by atoms with Gasteiger partial charge in [0.05, 0.1) is 22.6 Å². The van der Waals surface area contributed by atoms with Crippen molar-refractivity contribution >= 4 is 35.5 Å². The topological polar surface area (TPSA) is 90.5 Å². The molecule has 26 heavy (non-hydrogen) atoms. The molecule has 0 spiro atoms. The van der Waals surface area contributed by atoms with Crippen molar-refractivity contribution in [1.82, 2.24) is 0 Å². The number of nitrogens with one attached hydrogen (secondary N) is 3. The smallest absolute Gasteiger partial charge is 0.335 e. The monoisotopic (exact) mass is 357 g/mol. The quantitative estimate of drug-likeness (QED) is 0.542. The zero-order valence-corrected chi connectivity index (χ0v) is 14.5. The SMILES string of the molecule is CNc1ccc(C(=O)O)cc1NC/C(C)=C/c1c(F)cccc1NC=O. The number of amides is 1. The van der Waals surface area contributed by atoms with Gasteiger partial charge >= 0.3 is 5.97 Å². The van der Waals surface area contributed by atoms with Crippen LogP contribution in [0, 0.1) is 5.82 Å². The Balaban J connectivity index is 2.22. The second kappa shape index (κ2) is 8.66. The lowest BCUT2D eigenvalue weighted by Crippen LogP contribution is -2.07. The number of benzene rings is 2. The maximum Gasteiger partial charge on any atom is 0.335 e. The Hall–Kier alpha value is -3.35. The lowest BCUT2D eigenvalue weighted by atomic mass is 10.1. The van der Waals surface area contributed by atoms with E-state index in [0.717, 1.165) is 11.3 Å². The fourth-order valence-electron chi connectivity index (χ4n) is 2.45. The Labute approximate surface area is 150 Å². The van der Waals surface area contributed by atoms with Gasteiger partial charge in [-0.3, -0.25) is 4.79 Å². The van der Waals surface area contributed by atoms with E-state index in [9.17, 15) is 14.0 Å². The van der Waals surface area contributed by atoms with E-state index >= 15 is 0 Å². The number of hydrogen-bond donors (Lipinski definition) is 4. The molecule has 0 aromatic heterocycles. The first-order chi connectivity index (χ1) is 12.5.